The number of nitrogens with zero attached hydrogens (tertiary/aromatic N) is 1. The quantitative estimate of drug-likeness (QED) is 0.806. The van der Waals surface area contributed by atoms with Crippen LogP contribution in [0.4, 0.5) is 0 Å². The fourth-order valence-electron chi connectivity index (χ4n) is 2.53. The number of carbonyl (C=O) groups is 1. The Morgan fingerprint density at radius 3 is 2.77 bits per heavy atom. The zero-order chi connectivity index (χ0) is 15.1. The van der Waals surface area contributed by atoms with Crippen LogP contribution in [-0.2, 0) is 4.79 Å². The summed E-state index contributed by atoms with van der Waals surface area (Å²) in [5.74, 6) is 1.96. The molecule has 1 unspecified atom stereocenters. The van der Waals surface area contributed by atoms with E-state index in [0.29, 0.717) is 12.5 Å². The van der Waals surface area contributed by atoms with Crippen LogP contribution in [-0.4, -0.2) is 49.8 Å². The number of carbonyl (C=O) groups excluding carboxylic acids is 1. The van der Waals surface area contributed by atoms with Crippen LogP contribution in [0, 0.1) is 0 Å². The maximum absolute atomic E-state index is 12.2. The topological polar surface area (TPSA) is 41.6 Å². The number of ether oxygens (including phenoxy) is 1. The van der Waals surface area contributed by atoms with Gasteiger partial charge in [0.1, 0.15) is 5.75 Å². The van der Waals surface area contributed by atoms with Gasteiger partial charge in [0.25, 0.3) is 0 Å². The monoisotopic (exact) mass is 344 g/mol. The van der Waals surface area contributed by atoms with E-state index < -0.39 is 0 Å². The number of likely N-dealkylation sites (tertiary alicyclic amines) is 1. The van der Waals surface area contributed by atoms with E-state index in [-0.39, 0.29) is 18.3 Å². The normalized spacial score (nSPS) is 17.7. The summed E-state index contributed by atoms with van der Waals surface area (Å²) in [4.78, 5) is 15.4. The van der Waals surface area contributed by atoms with Crippen LogP contribution in [0.25, 0.3) is 0 Å². The first-order valence-electron chi connectivity index (χ1n) is 7.45. The highest BCUT2D eigenvalue weighted by Gasteiger charge is 2.21. The number of thioether (sulfide) groups is 1. The van der Waals surface area contributed by atoms with Crippen molar-refractivity contribution in [2.45, 2.75) is 30.2 Å². The minimum absolute atomic E-state index is 0. The zero-order valence-corrected chi connectivity index (χ0v) is 14.8. The van der Waals surface area contributed by atoms with E-state index in [0.717, 1.165) is 31.0 Å². The molecule has 124 valence electrons. The van der Waals surface area contributed by atoms with E-state index in [9.17, 15) is 4.79 Å². The second-order valence-electron chi connectivity index (χ2n) is 5.24. The van der Waals surface area contributed by atoms with Crippen molar-refractivity contribution in [3.63, 3.8) is 0 Å². The average Bonchev–Trinajstić information content (AvgIpc) is 2.55. The predicted molar refractivity (Wildman–Crippen MR) is 94.2 cm³/mol. The lowest BCUT2D eigenvalue weighted by Crippen LogP contribution is -2.47. The minimum Gasteiger partial charge on any atom is -0.497 e. The third-order valence-electron chi connectivity index (χ3n) is 3.83. The van der Waals surface area contributed by atoms with E-state index in [4.69, 9.17) is 4.74 Å². The molecule has 1 aromatic rings. The molecule has 1 aromatic carbocycles. The predicted octanol–water partition coefficient (Wildman–Crippen LogP) is 2.81. The summed E-state index contributed by atoms with van der Waals surface area (Å²) >= 11 is 1.72. The van der Waals surface area contributed by atoms with Gasteiger partial charge in [-0.25, -0.2) is 0 Å². The molecule has 0 bridgehead atoms. The number of rotatable bonds is 6. The molecule has 1 atom stereocenters. The number of nitrogens with one attached hydrogen (secondary N) is 1. The van der Waals surface area contributed by atoms with Crippen LogP contribution in [0.15, 0.2) is 29.2 Å². The van der Waals surface area contributed by atoms with Crippen molar-refractivity contribution in [2.24, 2.45) is 0 Å². The van der Waals surface area contributed by atoms with Crippen LogP contribution in [0.5, 0.6) is 5.75 Å². The molecule has 2 rings (SSSR count). The van der Waals surface area contributed by atoms with Crippen molar-refractivity contribution < 1.29 is 9.53 Å². The molecule has 0 saturated carbocycles. The summed E-state index contributed by atoms with van der Waals surface area (Å²) in [5, 5.41) is 3.27. The van der Waals surface area contributed by atoms with Crippen molar-refractivity contribution in [3.8, 4) is 5.75 Å². The van der Waals surface area contributed by atoms with Gasteiger partial charge in [0.05, 0.1) is 7.11 Å². The fraction of sp³-hybridized carbons (Fsp3) is 0.562. The van der Waals surface area contributed by atoms with Gasteiger partial charge in [0.2, 0.25) is 5.91 Å². The van der Waals surface area contributed by atoms with Gasteiger partial charge >= 0.3 is 0 Å². The molecule has 1 aliphatic rings. The zero-order valence-electron chi connectivity index (χ0n) is 13.2. The Bertz CT molecular complexity index is 456. The number of piperidine rings is 1. The Hall–Kier alpha value is -0.910. The van der Waals surface area contributed by atoms with E-state index in [1.54, 1.807) is 18.9 Å². The van der Waals surface area contributed by atoms with Gasteiger partial charge in [-0.15, -0.1) is 24.2 Å². The standard InChI is InChI=1S/C16H24N2O2S.ClH/c1-17-13-4-3-10-18(12-13)16(19)9-11-21-15-7-5-14(20-2)6-8-15;/h5-8,13,17H,3-4,9-12H2,1-2H3;1H. The number of hydrogen-bond donors (Lipinski definition) is 1. The highest BCUT2D eigenvalue weighted by molar-refractivity contribution is 7.99. The Morgan fingerprint density at radius 1 is 1.41 bits per heavy atom. The maximum Gasteiger partial charge on any atom is 0.223 e. The largest absolute Gasteiger partial charge is 0.497 e. The van der Waals surface area contributed by atoms with Gasteiger partial charge in [-0.1, -0.05) is 0 Å². The third kappa shape index (κ3) is 5.71. The van der Waals surface area contributed by atoms with E-state index >= 15 is 0 Å². The molecule has 0 aliphatic carbocycles. The number of methoxy groups -OCH3 is 1. The van der Waals surface area contributed by atoms with Crippen LogP contribution in [0.2, 0.25) is 0 Å². The summed E-state index contributed by atoms with van der Waals surface area (Å²) < 4.78 is 5.14. The van der Waals surface area contributed by atoms with Gasteiger partial charge in [0.15, 0.2) is 0 Å². The molecule has 4 nitrogen and oxygen atoms in total. The van der Waals surface area contributed by atoms with Crippen LogP contribution < -0.4 is 10.1 Å². The smallest absolute Gasteiger partial charge is 0.223 e. The molecule has 1 heterocycles. The second-order valence-corrected chi connectivity index (χ2v) is 6.41. The molecule has 22 heavy (non-hydrogen) atoms. The maximum atomic E-state index is 12.2. The van der Waals surface area contributed by atoms with E-state index in [2.05, 4.69) is 5.32 Å². The van der Waals surface area contributed by atoms with E-state index in [1.165, 1.54) is 11.3 Å². The van der Waals surface area contributed by atoms with Crippen molar-refractivity contribution >= 4 is 30.1 Å². The molecule has 0 aromatic heterocycles. The number of benzene rings is 1. The highest BCUT2D eigenvalue weighted by Crippen LogP contribution is 2.22. The van der Waals surface area contributed by atoms with Crippen LogP contribution in [0.1, 0.15) is 19.3 Å². The molecular formula is C16H25ClN2O2S. The summed E-state index contributed by atoms with van der Waals surface area (Å²) in [7, 11) is 3.63. The Balaban J connectivity index is 0.00000242. The highest BCUT2D eigenvalue weighted by atomic mass is 35.5. The molecule has 1 N–H and O–H groups in total. The first kappa shape index (κ1) is 19.1. The average molecular weight is 345 g/mol. The summed E-state index contributed by atoms with van der Waals surface area (Å²) in [6.45, 7) is 1.76. The lowest BCUT2D eigenvalue weighted by molar-refractivity contribution is -0.132. The van der Waals surface area contributed by atoms with Crippen LogP contribution in [0.3, 0.4) is 0 Å². The summed E-state index contributed by atoms with van der Waals surface area (Å²) in [5.41, 5.74) is 0. The summed E-state index contributed by atoms with van der Waals surface area (Å²) in [6.07, 6.45) is 2.87. The van der Waals surface area contributed by atoms with Gasteiger partial charge in [0, 0.05) is 36.2 Å². The lowest BCUT2D eigenvalue weighted by atomic mass is 10.1. The fourth-order valence-corrected chi connectivity index (χ4v) is 3.37. The second kappa shape index (κ2) is 9.98. The van der Waals surface area contributed by atoms with Gasteiger partial charge in [-0.2, -0.15) is 0 Å². The molecule has 1 fully saturated rings. The minimum atomic E-state index is 0. The first-order valence-corrected chi connectivity index (χ1v) is 8.43. The van der Waals surface area contributed by atoms with Gasteiger partial charge < -0.3 is 15.0 Å². The number of halogens is 1. The number of likely N-dealkylation sites (N-methyl/N-ethyl adjacent to an activating group) is 1. The SMILES string of the molecule is CNC1CCCN(C(=O)CCSc2ccc(OC)cc2)C1.Cl. The molecule has 1 saturated heterocycles. The molecule has 6 heteroatoms. The lowest BCUT2D eigenvalue weighted by Gasteiger charge is -2.32. The third-order valence-corrected chi connectivity index (χ3v) is 4.84. The first-order chi connectivity index (χ1) is 10.2. The molecule has 1 amide bonds. The molecule has 1 aliphatic heterocycles. The van der Waals surface area contributed by atoms with E-state index in [1.807, 2.05) is 36.2 Å². The molecule has 0 spiro atoms. The van der Waals surface area contributed by atoms with Crippen LogP contribution >= 0.6 is 24.2 Å². The van der Waals surface area contributed by atoms with Crippen molar-refractivity contribution in [3.05, 3.63) is 24.3 Å². The van der Waals surface area contributed by atoms with Crippen molar-refractivity contribution in [1.29, 1.82) is 0 Å². The molecular weight excluding hydrogens is 320 g/mol. The van der Waals surface area contributed by atoms with Crippen molar-refractivity contribution in [1.82, 2.24) is 10.2 Å². The van der Waals surface area contributed by atoms with Gasteiger partial charge in [-0.3, -0.25) is 4.79 Å². The van der Waals surface area contributed by atoms with Crippen molar-refractivity contribution in [2.75, 3.05) is 33.0 Å². The Labute approximate surface area is 143 Å². The van der Waals surface area contributed by atoms with Gasteiger partial charge in [-0.05, 0) is 44.2 Å². The number of amides is 1. The number of hydrogen-bond acceptors (Lipinski definition) is 4. The Kier molecular flexibility index (Phi) is 8.68. The summed E-state index contributed by atoms with van der Waals surface area (Å²) in [6, 6.07) is 8.42. The molecule has 0 radical (unpaired) electrons. The Morgan fingerprint density at radius 2 is 2.14 bits per heavy atom.